The number of carbonyl (C=O) groups excluding carboxylic acids is 1. The summed E-state index contributed by atoms with van der Waals surface area (Å²) in [5.41, 5.74) is 1.91. The summed E-state index contributed by atoms with van der Waals surface area (Å²) in [4.78, 5) is 19.0. The molecule has 1 heterocycles. The summed E-state index contributed by atoms with van der Waals surface area (Å²) in [6, 6.07) is 10.9. The first-order valence-corrected chi connectivity index (χ1v) is 10.6. The molecule has 7 nitrogen and oxygen atoms in total. The fraction of sp³-hybridized carbons (Fsp3) is 0.400. The Hall–Kier alpha value is -3.55. The van der Waals surface area contributed by atoms with Gasteiger partial charge in [-0.2, -0.15) is 5.26 Å². The van der Waals surface area contributed by atoms with Crippen LogP contribution in [0.2, 0.25) is 0 Å². The average molecular weight is 435 g/mol. The van der Waals surface area contributed by atoms with Crippen LogP contribution in [-0.2, 0) is 4.74 Å². The molecule has 2 rings (SSSR count). The van der Waals surface area contributed by atoms with Crippen LogP contribution in [0, 0.1) is 23.2 Å². The molecule has 1 aromatic carbocycles. The quantitative estimate of drug-likeness (QED) is 0.471. The molecule has 1 aromatic heterocycles. The Kier molecular flexibility index (Phi) is 9.07. The largest absolute Gasteiger partial charge is 0.443 e. The number of nitrogens with zero attached hydrogens (tertiary/aromatic N) is 3. The SMILES string of the molecule is CCCN(C(=O)OC(C)(C)C)c1cc(Nc2ccc(C#N)cc2)ncc1C#CCCCO. The molecular weight excluding hydrogens is 404 g/mol. The van der Waals surface area contributed by atoms with E-state index in [4.69, 9.17) is 15.1 Å². The van der Waals surface area contributed by atoms with E-state index in [0.717, 1.165) is 12.1 Å². The van der Waals surface area contributed by atoms with Crippen molar-refractivity contribution < 1.29 is 14.6 Å². The number of aromatic nitrogens is 1. The summed E-state index contributed by atoms with van der Waals surface area (Å²) in [6.45, 7) is 8.01. The molecule has 0 fully saturated rings. The van der Waals surface area contributed by atoms with E-state index >= 15 is 0 Å². The van der Waals surface area contributed by atoms with Gasteiger partial charge in [0.05, 0.1) is 22.9 Å². The molecule has 168 valence electrons. The fourth-order valence-corrected chi connectivity index (χ4v) is 2.78. The Bertz CT molecular complexity index is 1010. The normalized spacial score (nSPS) is 10.5. The molecule has 0 bridgehead atoms. The fourth-order valence-electron chi connectivity index (χ4n) is 2.78. The average Bonchev–Trinajstić information content (AvgIpc) is 2.75. The van der Waals surface area contributed by atoms with Crippen LogP contribution in [0.15, 0.2) is 36.5 Å². The maximum atomic E-state index is 13.0. The predicted octanol–water partition coefficient (Wildman–Crippen LogP) is 4.97. The molecule has 0 saturated heterocycles. The molecule has 0 aliphatic carbocycles. The number of hydrogen-bond donors (Lipinski definition) is 2. The highest BCUT2D eigenvalue weighted by Gasteiger charge is 2.25. The Morgan fingerprint density at radius 2 is 2.00 bits per heavy atom. The van der Waals surface area contributed by atoms with Crippen molar-refractivity contribution in [3.05, 3.63) is 47.7 Å². The molecule has 0 spiro atoms. The number of carbonyl (C=O) groups is 1. The van der Waals surface area contributed by atoms with Gasteiger partial charge >= 0.3 is 6.09 Å². The minimum atomic E-state index is -0.632. The van der Waals surface area contributed by atoms with Gasteiger partial charge in [0.15, 0.2) is 0 Å². The summed E-state index contributed by atoms with van der Waals surface area (Å²) in [7, 11) is 0. The van der Waals surface area contributed by atoms with Crippen LogP contribution in [0.5, 0.6) is 0 Å². The predicted molar refractivity (Wildman–Crippen MR) is 126 cm³/mol. The van der Waals surface area contributed by atoms with Crippen molar-refractivity contribution in [3.8, 4) is 17.9 Å². The number of amides is 1. The van der Waals surface area contributed by atoms with Crippen LogP contribution < -0.4 is 10.2 Å². The summed E-state index contributed by atoms with van der Waals surface area (Å²) in [5, 5.41) is 21.2. The molecule has 7 heteroatoms. The van der Waals surface area contributed by atoms with Crippen molar-refractivity contribution in [2.24, 2.45) is 0 Å². The number of ether oxygens (including phenoxy) is 1. The molecule has 1 amide bonds. The van der Waals surface area contributed by atoms with Gasteiger partial charge in [0, 0.05) is 37.5 Å². The number of nitrogens with one attached hydrogen (secondary N) is 1. The number of nitriles is 1. The van der Waals surface area contributed by atoms with E-state index in [9.17, 15) is 4.79 Å². The van der Waals surface area contributed by atoms with E-state index in [1.807, 2.05) is 27.7 Å². The standard InChI is InChI=1S/C25H30N4O3/c1-5-14-29(24(31)32-25(2,3)4)22-16-23(27-18-20(22)9-7-6-8-15-30)28-21-12-10-19(17-26)11-13-21/h10-13,16,18,30H,5-6,8,14-15H2,1-4H3,(H,27,28). The van der Waals surface area contributed by atoms with Gasteiger partial charge in [0.25, 0.3) is 0 Å². The van der Waals surface area contributed by atoms with Gasteiger partial charge in [-0.1, -0.05) is 18.8 Å². The van der Waals surface area contributed by atoms with E-state index < -0.39 is 11.7 Å². The Labute approximate surface area is 190 Å². The molecule has 0 saturated carbocycles. The maximum Gasteiger partial charge on any atom is 0.414 e. The lowest BCUT2D eigenvalue weighted by Gasteiger charge is -2.28. The smallest absolute Gasteiger partial charge is 0.414 e. The van der Waals surface area contributed by atoms with E-state index in [1.165, 1.54) is 0 Å². The van der Waals surface area contributed by atoms with Gasteiger partial charge in [0.2, 0.25) is 0 Å². The number of benzene rings is 1. The Morgan fingerprint density at radius 3 is 2.59 bits per heavy atom. The Morgan fingerprint density at radius 1 is 1.28 bits per heavy atom. The van der Waals surface area contributed by atoms with Crippen LogP contribution in [0.25, 0.3) is 0 Å². The molecular formula is C25H30N4O3. The minimum Gasteiger partial charge on any atom is -0.443 e. The second-order valence-corrected chi connectivity index (χ2v) is 8.16. The van der Waals surface area contributed by atoms with Crippen molar-refractivity contribution in [1.82, 2.24) is 4.98 Å². The molecule has 0 atom stereocenters. The lowest BCUT2D eigenvalue weighted by molar-refractivity contribution is 0.0580. The molecule has 2 aromatic rings. The van der Waals surface area contributed by atoms with E-state index in [1.54, 1.807) is 41.4 Å². The van der Waals surface area contributed by atoms with Crippen LogP contribution >= 0.6 is 0 Å². The first kappa shape index (κ1) is 24.7. The van der Waals surface area contributed by atoms with Gasteiger partial charge in [-0.15, -0.1) is 0 Å². The van der Waals surface area contributed by atoms with Crippen LogP contribution in [0.3, 0.4) is 0 Å². The monoisotopic (exact) mass is 434 g/mol. The number of aliphatic hydroxyl groups excluding tert-OH is 1. The zero-order valence-electron chi connectivity index (χ0n) is 19.1. The van der Waals surface area contributed by atoms with E-state index in [-0.39, 0.29) is 6.61 Å². The highest BCUT2D eigenvalue weighted by molar-refractivity contribution is 5.90. The van der Waals surface area contributed by atoms with E-state index in [2.05, 4.69) is 28.2 Å². The lowest BCUT2D eigenvalue weighted by Crippen LogP contribution is -2.37. The number of pyridine rings is 1. The highest BCUT2D eigenvalue weighted by Crippen LogP contribution is 2.27. The van der Waals surface area contributed by atoms with Crippen molar-refractivity contribution in [2.45, 2.75) is 52.6 Å². The van der Waals surface area contributed by atoms with Crippen molar-refractivity contribution >= 4 is 23.3 Å². The van der Waals surface area contributed by atoms with E-state index in [0.29, 0.717) is 42.0 Å². The van der Waals surface area contributed by atoms with Gasteiger partial charge in [-0.3, -0.25) is 4.90 Å². The third-order valence-electron chi connectivity index (χ3n) is 4.20. The first-order valence-electron chi connectivity index (χ1n) is 10.6. The first-order chi connectivity index (χ1) is 15.3. The van der Waals surface area contributed by atoms with Gasteiger partial charge < -0.3 is 15.2 Å². The molecule has 0 aliphatic heterocycles. The van der Waals surface area contributed by atoms with Gasteiger partial charge in [-0.05, 0) is 57.9 Å². The molecule has 0 radical (unpaired) electrons. The number of anilines is 3. The van der Waals surface area contributed by atoms with Crippen LogP contribution in [0.1, 0.15) is 58.1 Å². The highest BCUT2D eigenvalue weighted by atomic mass is 16.6. The molecule has 32 heavy (non-hydrogen) atoms. The zero-order chi connectivity index (χ0) is 23.6. The number of rotatable bonds is 7. The van der Waals surface area contributed by atoms with Crippen molar-refractivity contribution in [1.29, 1.82) is 5.26 Å². The topological polar surface area (TPSA) is 98.5 Å². The summed E-state index contributed by atoms with van der Waals surface area (Å²) in [6.07, 6.45) is 3.03. The second kappa shape index (κ2) is 11.7. The van der Waals surface area contributed by atoms with Crippen molar-refractivity contribution in [3.63, 3.8) is 0 Å². The van der Waals surface area contributed by atoms with Crippen molar-refractivity contribution in [2.75, 3.05) is 23.4 Å². The summed E-state index contributed by atoms with van der Waals surface area (Å²) in [5.74, 6) is 6.64. The lowest BCUT2D eigenvalue weighted by atomic mass is 10.1. The summed E-state index contributed by atoms with van der Waals surface area (Å²) < 4.78 is 5.62. The van der Waals surface area contributed by atoms with Crippen LogP contribution in [0.4, 0.5) is 22.0 Å². The third kappa shape index (κ3) is 7.61. The molecule has 0 aliphatic rings. The number of aliphatic hydroxyl groups is 1. The second-order valence-electron chi connectivity index (χ2n) is 8.16. The molecule has 0 unspecified atom stereocenters. The maximum absolute atomic E-state index is 13.0. The summed E-state index contributed by atoms with van der Waals surface area (Å²) >= 11 is 0. The Balaban J connectivity index is 2.44. The van der Waals surface area contributed by atoms with Gasteiger partial charge in [-0.25, -0.2) is 9.78 Å². The minimum absolute atomic E-state index is 0.0765. The third-order valence-corrected chi connectivity index (χ3v) is 4.20. The number of hydrogen-bond acceptors (Lipinski definition) is 6. The molecule has 2 N–H and O–H groups in total. The van der Waals surface area contributed by atoms with Crippen LogP contribution in [-0.4, -0.2) is 34.9 Å². The van der Waals surface area contributed by atoms with Gasteiger partial charge in [0.1, 0.15) is 11.4 Å². The number of unbranched alkanes of at least 4 members (excludes halogenated alkanes) is 1. The zero-order valence-corrected chi connectivity index (χ0v) is 19.1.